The fourth-order valence-corrected chi connectivity index (χ4v) is 2.03. The second-order valence-corrected chi connectivity index (χ2v) is 4.64. The summed E-state index contributed by atoms with van der Waals surface area (Å²) in [5.41, 5.74) is 2.06. The van der Waals surface area contributed by atoms with E-state index in [4.69, 9.17) is 4.74 Å². The maximum atomic E-state index is 13.4. The molecular weight excluding hydrogens is 255 g/mol. The maximum Gasteiger partial charge on any atom is 0.165 e. The summed E-state index contributed by atoms with van der Waals surface area (Å²) in [6.07, 6.45) is 2.66. The molecule has 1 aromatic carbocycles. The first-order valence-electron chi connectivity index (χ1n) is 6.67. The van der Waals surface area contributed by atoms with Crippen LogP contribution in [-0.4, -0.2) is 18.6 Å². The lowest BCUT2D eigenvalue weighted by Gasteiger charge is -2.15. The molecule has 20 heavy (non-hydrogen) atoms. The predicted octanol–water partition coefficient (Wildman–Crippen LogP) is 3.12. The molecule has 0 aliphatic rings. The van der Waals surface area contributed by atoms with Crippen molar-refractivity contribution in [2.45, 2.75) is 19.4 Å². The lowest BCUT2D eigenvalue weighted by molar-refractivity contribution is 0.385. The molecule has 0 amide bonds. The van der Waals surface area contributed by atoms with Gasteiger partial charge in [0.05, 0.1) is 7.11 Å². The quantitative estimate of drug-likeness (QED) is 0.878. The molecule has 1 N–H and O–H groups in total. The SMILES string of the molecule is COc1cc(C(C)NCCc2ccccn2)ccc1F. The Hall–Kier alpha value is -1.94. The Bertz CT molecular complexity index is 545. The number of nitrogens with one attached hydrogen (secondary N) is 1. The molecular formula is C16H19FN2O. The fraction of sp³-hybridized carbons (Fsp3) is 0.312. The van der Waals surface area contributed by atoms with E-state index in [0.29, 0.717) is 0 Å². The summed E-state index contributed by atoms with van der Waals surface area (Å²) in [6.45, 7) is 2.86. The second-order valence-electron chi connectivity index (χ2n) is 4.64. The molecule has 0 bridgehead atoms. The van der Waals surface area contributed by atoms with Gasteiger partial charge < -0.3 is 10.1 Å². The van der Waals surface area contributed by atoms with Gasteiger partial charge >= 0.3 is 0 Å². The van der Waals surface area contributed by atoms with Gasteiger partial charge in [-0.05, 0) is 36.8 Å². The molecule has 1 unspecified atom stereocenters. The summed E-state index contributed by atoms with van der Waals surface area (Å²) in [7, 11) is 1.47. The number of ether oxygens (including phenoxy) is 1. The molecule has 0 spiro atoms. The lowest BCUT2D eigenvalue weighted by atomic mass is 10.1. The van der Waals surface area contributed by atoms with Crippen molar-refractivity contribution in [1.82, 2.24) is 10.3 Å². The molecule has 1 heterocycles. The molecule has 2 rings (SSSR count). The number of pyridine rings is 1. The summed E-state index contributed by atoms with van der Waals surface area (Å²) in [5.74, 6) is -0.0576. The van der Waals surface area contributed by atoms with E-state index in [9.17, 15) is 4.39 Å². The van der Waals surface area contributed by atoms with Crippen LogP contribution in [0.1, 0.15) is 24.2 Å². The molecule has 106 valence electrons. The summed E-state index contributed by atoms with van der Waals surface area (Å²) < 4.78 is 18.3. The molecule has 2 aromatic rings. The zero-order valence-corrected chi connectivity index (χ0v) is 11.8. The van der Waals surface area contributed by atoms with Crippen molar-refractivity contribution >= 4 is 0 Å². The largest absolute Gasteiger partial charge is 0.494 e. The Morgan fingerprint density at radius 3 is 2.85 bits per heavy atom. The fourth-order valence-electron chi connectivity index (χ4n) is 2.03. The van der Waals surface area contributed by atoms with E-state index >= 15 is 0 Å². The molecule has 0 radical (unpaired) electrons. The second kappa shape index (κ2) is 7.01. The highest BCUT2D eigenvalue weighted by atomic mass is 19.1. The number of halogens is 1. The topological polar surface area (TPSA) is 34.1 Å². The van der Waals surface area contributed by atoms with Crippen molar-refractivity contribution in [2.24, 2.45) is 0 Å². The third-order valence-corrected chi connectivity index (χ3v) is 3.23. The summed E-state index contributed by atoms with van der Waals surface area (Å²) in [6, 6.07) is 11.0. The van der Waals surface area contributed by atoms with E-state index in [1.54, 1.807) is 18.3 Å². The van der Waals surface area contributed by atoms with Crippen LogP contribution in [0.5, 0.6) is 5.75 Å². The molecule has 0 saturated carbocycles. The number of benzene rings is 1. The third kappa shape index (κ3) is 3.78. The number of methoxy groups -OCH3 is 1. The van der Waals surface area contributed by atoms with Gasteiger partial charge in [-0.25, -0.2) is 4.39 Å². The van der Waals surface area contributed by atoms with Gasteiger partial charge in [0.2, 0.25) is 0 Å². The molecule has 0 saturated heterocycles. The van der Waals surface area contributed by atoms with Crippen LogP contribution in [0, 0.1) is 5.82 Å². The predicted molar refractivity (Wildman–Crippen MR) is 77.3 cm³/mol. The third-order valence-electron chi connectivity index (χ3n) is 3.23. The van der Waals surface area contributed by atoms with Gasteiger partial charge in [-0.3, -0.25) is 4.98 Å². The van der Waals surface area contributed by atoms with Gasteiger partial charge in [-0.2, -0.15) is 0 Å². The Labute approximate surface area is 118 Å². The molecule has 1 aromatic heterocycles. The van der Waals surface area contributed by atoms with Gasteiger partial charge in [0, 0.05) is 30.9 Å². The van der Waals surface area contributed by atoms with Crippen molar-refractivity contribution < 1.29 is 9.13 Å². The average molecular weight is 274 g/mol. The number of aromatic nitrogens is 1. The summed E-state index contributed by atoms with van der Waals surface area (Å²) >= 11 is 0. The van der Waals surface area contributed by atoms with Crippen molar-refractivity contribution in [3.05, 3.63) is 59.7 Å². The van der Waals surface area contributed by atoms with E-state index in [0.717, 1.165) is 24.2 Å². The number of rotatable bonds is 6. The summed E-state index contributed by atoms with van der Waals surface area (Å²) in [4.78, 5) is 4.28. The zero-order chi connectivity index (χ0) is 14.4. The molecule has 3 nitrogen and oxygen atoms in total. The molecule has 0 aliphatic carbocycles. The van der Waals surface area contributed by atoms with Crippen LogP contribution in [0.4, 0.5) is 4.39 Å². The summed E-state index contributed by atoms with van der Waals surface area (Å²) in [5, 5.41) is 3.40. The Morgan fingerprint density at radius 2 is 2.15 bits per heavy atom. The van der Waals surface area contributed by atoms with E-state index in [1.165, 1.54) is 13.2 Å². The van der Waals surface area contributed by atoms with Crippen molar-refractivity contribution in [1.29, 1.82) is 0 Å². The van der Waals surface area contributed by atoms with Crippen molar-refractivity contribution in [3.63, 3.8) is 0 Å². The van der Waals surface area contributed by atoms with Gasteiger partial charge in [0.25, 0.3) is 0 Å². The van der Waals surface area contributed by atoms with E-state index in [2.05, 4.69) is 10.3 Å². The van der Waals surface area contributed by atoms with Gasteiger partial charge in [-0.15, -0.1) is 0 Å². The zero-order valence-electron chi connectivity index (χ0n) is 11.8. The standard InChI is InChI=1S/C16H19FN2O/c1-12(13-6-7-15(17)16(11-13)20-2)18-10-8-14-5-3-4-9-19-14/h3-7,9,11-12,18H,8,10H2,1-2H3. The van der Waals surface area contributed by atoms with Crippen LogP contribution in [0.15, 0.2) is 42.6 Å². The lowest BCUT2D eigenvalue weighted by Crippen LogP contribution is -2.21. The number of hydrogen-bond acceptors (Lipinski definition) is 3. The Balaban J connectivity index is 1.90. The van der Waals surface area contributed by atoms with Crippen LogP contribution in [0.25, 0.3) is 0 Å². The number of nitrogens with zero attached hydrogens (tertiary/aromatic N) is 1. The van der Waals surface area contributed by atoms with E-state index in [1.807, 2.05) is 25.1 Å². The van der Waals surface area contributed by atoms with E-state index < -0.39 is 0 Å². The Kier molecular flexibility index (Phi) is 5.07. The molecule has 1 atom stereocenters. The highest BCUT2D eigenvalue weighted by molar-refractivity contribution is 5.31. The highest BCUT2D eigenvalue weighted by Crippen LogP contribution is 2.22. The first-order valence-corrected chi connectivity index (χ1v) is 6.67. The van der Waals surface area contributed by atoms with Crippen LogP contribution >= 0.6 is 0 Å². The molecule has 0 aliphatic heterocycles. The Morgan fingerprint density at radius 1 is 1.30 bits per heavy atom. The average Bonchev–Trinajstić information content (AvgIpc) is 2.48. The van der Waals surface area contributed by atoms with Crippen molar-refractivity contribution in [2.75, 3.05) is 13.7 Å². The first kappa shape index (κ1) is 14.5. The monoisotopic (exact) mass is 274 g/mol. The van der Waals surface area contributed by atoms with Crippen LogP contribution in [-0.2, 0) is 6.42 Å². The minimum atomic E-state index is -0.336. The van der Waals surface area contributed by atoms with Gasteiger partial charge in [0.15, 0.2) is 11.6 Å². The number of hydrogen-bond donors (Lipinski definition) is 1. The van der Waals surface area contributed by atoms with Crippen LogP contribution < -0.4 is 10.1 Å². The minimum absolute atomic E-state index is 0.133. The highest BCUT2D eigenvalue weighted by Gasteiger charge is 2.09. The van der Waals surface area contributed by atoms with Gasteiger partial charge in [-0.1, -0.05) is 12.1 Å². The van der Waals surface area contributed by atoms with E-state index in [-0.39, 0.29) is 17.6 Å². The van der Waals surface area contributed by atoms with Gasteiger partial charge in [0.1, 0.15) is 0 Å². The van der Waals surface area contributed by atoms with Crippen LogP contribution in [0.3, 0.4) is 0 Å². The maximum absolute atomic E-state index is 13.4. The van der Waals surface area contributed by atoms with Crippen molar-refractivity contribution in [3.8, 4) is 5.75 Å². The minimum Gasteiger partial charge on any atom is -0.494 e. The first-order chi connectivity index (χ1) is 9.70. The van der Waals surface area contributed by atoms with Crippen LogP contribution in [0.2, 0.25) is 0 Å². The normalized spacial score (nSPS) is 12.2. The smallest absolute Gasteiger partial charge is 0.165 e. The molecule has 4 heteroatoms. The molecule has 0 fully saturated rings.